The molecule has 0 aliphatic heterocycles. The molecule has 3 N–H and O–H groups in total. The van der Waals surface area contributed by atoms with Crippen molar-refractivity contribution in [3.05, 3.63) is 41.9 Å². The quantitative estimate of drug-likeness (QED) is 0.847. The van der Waals surface area contributed by atoms with Crippen LogP contribution < -0.4 is 11.1 Å². The van der Waals surface area contributed by atoms with E-state index in [0.717, 1.165) is 17.8 Å². The minimum atomic E-state index is -3.25. The molecular weight excluding hydrogens is 276 g/mol. The van der Waals surface area contributed by atoms with E-state index in [-0.39, 0.29) is 10.9 Å². The Morgan fingerprint density at radius 3 is 2.45 bits per heavy atom. The summed E-state index contributed by atoms with van der Waals surface area (Å²) >= 11 is 0. The van der Waals surface area contributed by atoms with Crippen LogP contribution in [0.25, 0.3) is 0 Å². The van der Waals surface area contributed by atoms with Crippen LogP contribution in [0.15, 0.2) is 39.6 Å². The summed E-state index contributed by atoms with van der Waals surface area (Å²) in [7, 11) is -3.25. The van der Waals surface area contributed by atoms with Crippen LogP contribution in [0.4, 0.5) is 11.4 Å². The van der Waals surface area contributed by atoms with Crippen molar-refractivity contribution < 1.29 is 12.8 Å². The van der Waals surface area contributed by atoms with Crippen LogP contribution in [0, 0.1) is 6.92 Å². The summed E-state index contributed by atoms with van der Waals surface area (Å²) in [6, 6.07) is 8.39. The minimum absolute atomic E-state index is 0.0601. The zero-order valence-electron chi connectivity index (χ0n) is 11.7. The summed E-state index contributed by atoms with van der Waals surface area (Å²) in [6.45, 7) is 3.83. The maximum absolute atomic E-state index is 11.5. The van der Waals surface area contributed by atoms with Crippen molar-refractivity contribution in [1.82, 2.24) is 0 Å². The van der Waals surface area contributed by atoms with Crippen LogP contribution in [-0.4, -0.2) is 14.7 Å². The number of rotatable bonds is 4. The van der Waals surface area contributed by atoms with Crippen molar-refractivity contribution in [2.45, 2.75) is 24.8 Å². The van der Waals surface area contributed by atoms with E-state index in [0.29, 0.717) is 11.4 Å². The molecule has 0 aliphatic carbocycles. The predicted octanol–water partition coefficient (Wildman–Crippen LogP) is 2.75. The first-order valence-corrected chi connectivity index (χ1v) is 8.09. The molecule has 2 rings (SSSR count). The number of furan rings is 1. The molecule has 108 valence electrons. The molecule has 0 aliphatic rings. The Labute approximate surface area is 118 Å². The van der Waals surface area contributed by atoms with Crippen LogP contribution in [0.3, 0.4) is 0 Å². The number of nitrogen functional groups attached to an aromatic ring is 1. The van der Waals surface area contributed by atoms with Gasteiger partial charge in [-0.05, 0) is 44.2 Å². The van der Waals surface area contributed by atoms with Gasteiger partial charge >= 0.3 is 0 Å². The minimum Gasteiger partial charge on any atom is -0.464 e. The van der Waals surface area contributed by atoms with Crippen molar-refractivity contribution in [3.63, 3.8) is 0 Å². The summed E-state index contributed by atoms with van der Waals surface area (Å²) in [5.74, 6) is 1.64. The summed E-state index contributed by atoms with van der Waals surface area (Å²) in [4.78, 5) is 0.210. The Morgan fingerprint density at radius 1 is 1.25 bits per heavy atom. The average Bonchev–Trinajstić information content (AvgIpc) is 2.77. The second-order valence-corrected chi connectivity index (χ2v) is 6.85. The van der Waals surface area contributed by atoms with Crippen LogP contribution in [0.1, 0.15) is 24.5 Å². The monoisotopic (exact) mass is 294 g/mol. The number of nitrogens with two attached hydrogens (primary N) is 1. The van der Waals surface area contributed by atoms with E-state index in [1.807, 2.05) is 26.0 Å². The lowest BCUT2D eigenvalue weighted by Gasteiger charge is -2.15. The van der Waals surface area contributed by atoms with Gasteiger partial charge in [0.15, 0.2) is 9.84 Å². The van der Waals surface area contributed by atoms with Crippen LogP contribution in [0.2, 0.25) is 0 Å². The lowest BCUT2D eigenvalue weighted by molar-refractivity contribution is 0.467. The molecule has 0 spiro atoms. The second-order valence-electron chi connectivity index (χ2n) is 4.84. The van der Waals surface area contributed by atoms with Crippen molar-refractivity contribution in [2.24, 2.45) is 0 Å². The fourth-order valence-electron chi connectivity index (χ4n) is 1.89. The van der Waals surface area contributed by atoms with E-state index in [1.165, 1.54) is 12.1 Å². The van der Waals surface area contributed by atoms with E-state index in [4.69, 9.17) is 10.2 Å². The third kappa shape index (κ3) is 3.14. The van der Waals surface area contributed by atoms with Crippen LogP contribution in [0.5, 0.6) is 0 Å². The maximum atomic E-state index is 11.5. The molecular formula is C14H18N2O3S. The molecule has 0 fully saturated rings. The van der Waals surface area contributed by atoms with Crippen molar-refractivity contribution in [3.8, 4) is 0 Å². The molecule has 1 unspecified atom stereocenters. The molecule has 0 radical (unpaired) electrons. The highest BCUT2D eigenvalue weighted by Crippen LogP contribution is 2.27. The molecule has 1 aromatic heterocycles. The summed E-state index contributed by atoms with van der Waals surface area (Å²) < 4.78 is 28.4. The number of hydrogen-bond donors (Lipinski definition) is 2. The lowest BCUT2D eigenvalue weighted by atomic mass is 10.2. The van der Waals surface area contributed by atoms with Gasteiger partial charge in [-0.15, -0.1) is 0 Å². The second kappa shape index (κ2) is 5.20. The predicted molar refractivity (Wildman–Crippen MR) is 79.4 cm³/mol. The van der Waals surface area contributed by atoms with Gasteiger partial charge in [-0.3, -0.25) is 0 Å². The van der Waals surface area contributed by atoms with Gasteiger partial charge in [0.1, 0.15) is 11.5 Å². The molecule has 0 saturated carbocycles. The Balaban J connectivity index is 2.22. The molecule has 6 heteroatoms. The van der Waals surface area contributed by atoms with Crippen LogP contribution >= 0.6 is 0 Å². The van der Waals surface area contributed by atoms with Crippen molar-refractivity contribution in [1.29, 1.82) is 0 Å². The normalized spacial score (nSPS) is 13.2. The smallest absolute Gasteiger partial charge is 0.175 e. The van der Waals surface area contributed by atoms with Gasteiger partial charge in [0.05, 0.1) is 22.3 Å². The zero-order chi connectivity index (χ0) is 14.9. The Kier molecular flexibility index (Phi) is 3.76. The average molecular weight is 294 g/mol. The molecule has 5 nitrogen and oxygen atoms in total. The lowest BCUT2D eigenvalue weighted by Crippen LogP contribution is -2.08. The fourth-order valence-corrected chi connectivity index (χ4v) is 2.55. The van der Waals surface area contributed by atoms with Crippen molar-refractivity contribution >= 4 is 21.2 Å². The Bertz CT molecular complexity index is 720. The van der Waals surface area contributed by atoms with E-state index >= 15 is 0 Å². The SMILES string of the molecule is Cc1ccc(C(C)Nc2ccc(S(C)(=O)=O)cc2N)o1. The third-order valence-corrected chi connectivity index (χ3v) is 4.12. The number of nitrogens with one attached hydrogen (secondary N) is 1. The van der Waals surface area contributed by atoms with Gasteiger partial charge in [0.25, 0.3) is 0 Å². The first-order valence-electron chi connectivity index (χ1n) is 6.20. The number of benzene rings is 1. The highest BCUT2D eigenvalue weighted by Gasteiger charge is 2.13. The van der Waals surface area contributed by atoms with Gasteiger partial charge in [0.2, 0.25) is 0 Å². The molecule has 2 aromatic rings. The number of sulfone groups is 1. The number of hydrogen-bond acceptors (Lipinski definition) is 5. The van der Waals surface area contributed by atoms with Gasteiger partial charge in [-0.25, -0.2) is 8.42 Å². The van der Waals surface area contributed by atoms with Gasteiger partial charge in [0, 0.05) is 6.26 Å². The molecule has 0 bridgehead atoms. The molecule has 1 aromatic carbocycles. The topological polar surface area (TPSA) is 85.3 Å². The van der Waals surface area contributed by atoms with Gasteiger partial charge in [-0.1, -0.05) is 0 Å². The van der Waals surface area contributed by atoms with Crippen LogP contribution in [-0.2, 0) is 9.84 Å². The standard InChI is InChI=1S/C14H18N2O3S/c1-9-4-7-14(19-9)10(2)16-13-6-5-11(8-12(13)15)20(3,17)18/h4-8,10,16H,15H2,1-3H3. The molecule has 0 saturated heterocycles. The molecule has 1 heterocycles. The summed E-state index contributed by atoms with van der Waals surface area (Å²) in [6.07, 6.45) is 1.16. The maximum Gasteiger partial charge on any atom is 0.175 e. The zero-order valence-corrected chi connectivity index (χ0v) is 12.5. The molecule has 20 heavy (non-hydrogen) atoms. The van der Waals surface area contributed by atoms with Gasteiger partial charge in [-0.2, -0.15) is 0 Å². The summed E-state index contributed by atoms with van der Waals surface area (Å²) in [5, 5.41) is 3.20. The van der Waals surface area contributed by atoms with E-state index in [1.54, 1.807) is 6.07 Å². The number of anilines is 2. The highest BCUT2D eigenvalue weighted by molar-refractivity contribution is 7.90. The van der Waals surface area contributed by atoms with E-state index < -0.39 is 9.84 Å². The Hall–Kier alpha value is -1.95. The first-order chi connectivity index (χ1) is 9.27. The highest BCUT2D eigenvalue weighted by atomic mass is 32.2. The molecule has 0 amide bonds. The molecule has 1 atom stereocenters. The largest absolute Gasteiger partial charge is 0.464 e. The van der Waals surface area contributed by atoms with Gasteiger partial charge < -0.3 is 15.5 Å². The van der Waals surface area contributed by atoms with E-state index in [9.17, 15) is 8.42 Å². The summed E-state index contributed by atoms with van der Waals surface area (Å²) in [5.41, 5.74) is 6.96. The van der Waals surface area contributed by atoms with Crippen molar-refractivity contribution in [2.75, 3.05) is 17.3 Å². The first kappa shape index (κ1) is 14.5. The number of aryl methyl sites for hydroxylation is 1. The third-order valence-electron chi connectivity index (χ3n) is 3.01. The van der Waals surface area contributed by atoms with E-state index in [2.05, 4.69) is 5.32 Å². The fraction of sp³-hybridized carbons (Fsp3) is 0.286. The Morgan fingerprint density at radius 2 is 1.95 bits per heavy atom.